The Morgan fingerprint density at radius 1 is 1.00 bits per heavy atom. The molecule has 2 aromatic carbocycles. The molecule has 3 aromatic rings. The maximum absolute atomic E-state index is 12.3. The first kappa shape index (κ1) is 20.5. The van der Waals surface area contributed by atoms with Crippen molar-refractivity contribution in [1.82, 2.24) is 4.90 Å². The summed E-state index contributed by atoms with van der Waals surface area (Å²) in [6.45, 7) is 2.73. The maximum atomic E-state index is 12.3. The number of benzene rings is 2. The van der Waals surface area contributed by atoms with Gasteiger partial charge in [0.25, 0.3) is 0 Å². The molecule has 0 saturated carbocycles. The molecule has 0 aliphatic carbocycles. The van der Waals surface area contributed by atoms with Crippen molar-refractivity contribution >= 4 is 5.91 Å². The Hall–Kier alpha value is -3.21. The van der Waals surface area contributed by atoms with Gasteiger partial charge in [0, 0.05) is 25.9 Å². The van der Waals surface area contributed by atoms with Gasteiger partial charge in [-0.15, -0.1) is 0 Å². The molecule has 0 saturated heterocycles. The molecule has 1 heterocycles. The molecular formula is C24H27NO4. The summed E-state index contributed by atoms with van der Waals surface area (Å²) in [6, 6.07) is 19.9. The van der Waals surface area contributed by atoms with Crippen LogP contribution in [0.3, 0.4) is 0 Å². The number of hydrogen-bond donors (Lipinski definition) is 0. The van der Waals surface area contributed by atoms with Crippen LogP contribution in [-0.4, -0.2) is 31.6 Å². The van der Waals surface area contributed by atoms with E-state index >= 15 is 0 Å². The minimum absolute atomic E-state index is 0.0334. The largest absolute Gasteiger partial charge is 0.493 e. The molecule has 1 unspecified atom stereocenters. The number of furan rings is 1. The van der Waals surface area contributed by atoms with E-state index in [2.05, 4.69) is 12.1 Å². The molecule has 0 fully saturated rings. The van der Waals surface area contributed by atoms with Crippen molar-refractivity contribution in [1.29, 1.82) is 0 Å². The molecule has 152 valence electrons. The van der Waals surface area contributed by atoms with Gasteiger partial charge in [0.15, 0.2) is 11.5 Å². The topological polar surface area (TPSA) is 51.9 Å². The summed E-state index contributed by atoms with van der Waals surface area (Å²) in [4.78, 5) is 14.2. The zero-order chi connectivity index (χ0) is 20.6. The van der Waals surface area contributed by atoms with Gasteiger partial charge in [0.1, 0.15) is 5.76 Å². The van der Waals surface area contributed by atoms with Crippen molar-refractivity contribution in [3.8, 4) is 11.5 Å². The van der Waals surface area contributed by atoms with E-state index in [4.69, 9.17) is 13.9 Å². The summed E-state index contributed by atoms with van der Waals surface area (Å²) in [7, 11) is 3.22. The predicted molar refractivity (Wildman–Crippen MR) is 112 cm³/mol. The highest BCUT2D eigenvalue weighted by molar-refractivity contribution is 5.73. The average molecular weight is 393 g/mol. The lowest BCUT2D eigenvalue weighted by molar-refractivity contribution is -0.129. The van der Waals surface area contributed by atoms with Crippen LogP contribution in [0.4, 0.5) is 0 Å². The van der Waals surface area contributed by atoms with E-state index in [1.165, 1.54) is 5.56 Å². The minimum atomic E-state index is 0.0334. The Kier molecular flexibility index (Phi) is 6.95. The van der Waals surface area contributed by atoms with E-state index in [-0.39, 0.29) is 11.8 Å². The zero-order valence-corrected chi connectivity index (χ0v) is 17.1. The number of rotatable bonds is 9. The number of ether oxygens (including phenoxy) is 2. The van der Waals surface area contributed by atoms with Crippen LogP contribution in [0.15, 0.2) is 71.3 Å². The summed E-state index contributed by atoms with van der Waals surface area (Å²) in [5.74, 6) is 2.37. The number of carbonyl (C=O) groups is 1. The second-order valence-electron chi connectivity index (χ2n) is 6.90. The molecule has 0 bridgehead atoms. The van der Waals surface area contributed by atoms with Crippen molar-refractivity contribution in [2.75, 3.05) is 20.8 Å². The van der Waals surface area contributed by atoms with Gasteiger partial charge in [-0.1, -0.05) is 36.4 Å². The first-order chi connectivity index (χ1) is 14.1. The van der Waals surface area contributed by atoms with Gasteiger partial charge in [-0.3, -0.25) is 4.79 Å². The summed E-state index contributed by atoms with van der Waals surface area (Å²) >= 11 is 0. The number of nitrogens with zero attached hydrogens (tertiary/aromatic N) is 1. The maximum Gasteiger partial charge on any atom is 0.219 e. The van der Waals surface area contributed by atoms with Gasteiger partial charge in [0.05, 0.1) is 20.5 Å². The Bertz CT molecular complexity index is 906. The van der Waals surface area contributed by atoms with Crippen molar-refractivity contribution in [2.45, 2.75) is 25.8 Å². The SMILES string of the molecule is COc1ccc(CN(CCC(c2ccccc2)c2ccco2)C(C)=O)cc1OC. The normalized spacial score (nSPS) is 11.7. The third-order valence-electron chi connectivity index (χ3n) is 5.04. The minimum Gasteiger partial charge on any atom is -0.493 e. The Balaban J connectivity index is 1.75. The van der Waals surface area contributed by atoms with E-state index in [1.54, 1.807) is 27.4 Å². The number of hydrogen-bond acceptors (Lipinski definition) is 4. The number of amides is 1. The second-order valence-corrected chi connectivity index (χ2v) is 6.90. The summed E-state index contributed by atoms with van der Waals surface area (Å²) < 4.78 is 16.4. The molecular weight excluding hydrogens is 366 g/mol. The van der Waals surface area contributed by atoms with Crippen molar-refractivity contribution < 1.29 is 18.7 Å². The van der Waals surface area contributed by atoms with Crippen LogP contribution < -0.4 is 9.47 Å². The first-order valence-corrected chi connectivity index (χ1v) is 9.67. The fraction of sp³-hybridized carbons (Fsp3) is 0.292. The van der Waals surface area contributed by atoms with Crippen LogP contribution in [0.2, 0.25) is 0 Å². The van der Waals surface area contributed by atoms with Crippen LogP contribution >= 0.6 is 0 Å². The summed E-state index contributed by atoms with van der Waals surface area (Å²) in [5.41, 5.74) is 2.17. The van der Waals surface area contributed by atoms with Crippen LogP contribution in [0.1, 0.15) is 36.1 Å². The van der Waals surface area contributed by atoms with Crippen LogP contribution in [-0.2, 0) is 11.3 Å². The molecule has 0 spiro atoms. The molecule has 0 N–H and O–H groups in total. The first-order valence-electron chi connectivity index (χ1n) is 9.67. The molecule has 1 amide bonds. The Morgan fingerprint density at radius 2 is 1.76 bits per heavy atom. The average Bonchev–Trinajstić information content (AvgIpc) is 3.28. The van der Waals surface area contributed by atoms with Crippen molar-refractivity contribution in [3.05, 3.63) is 83.8 Å². The van der Waals surface area contributed by atoms with E-state index in [9.17, 15) is 4.79 Å². The summed E-state index contributed by atoms with van der Waals surface area (Å²) in [5, 5.41) is 0. The van der Waals surface area contributed by atoms with E-state index < -0.39 is 0 Å². The van der Waals surface area contributed by atoms with E-state index in [1.807, 2.05) is 53.4 Å². The van der Waals surface area contributed by atoms with Crippen LogP contribution in [0.25, 0.3) is 0 Å². The summed E-state index contributed by atoms with van der Waals surface area (Å²) in [6.07, 6.45) is 2.46. The monoisotopic (exact) mass is 393 g/mol. The molecule has 0 radical (unpaired) electrons. The third-order valence-corrected chi connectivity index (χ3v) is 5.04. The molecule has 29 heavy (non-hydrogen) atoms. The quantitative estimate of drug-likeness (QED) is 0.521. The highest BCUT2D eigenvalue weighted by Gasteiger charge is 2.20. The molecule has 0 aliphatic rings. The fourth-order valence-electron chi connectivity index (χ4n) is 3.48. The van der Waals surface area contributed by atoms with Gasteiger partial charge < -0.3 is 18.8 Å². The lowest BCUT2D eigenvalue weighted by Crippen LogP contribution is -2.30. The van der Waals surface area contributed by atoms with Crippen LogP contribution in [0.5, 0.6) is 11.5 Å². The van der Waals surface area contributed by atoms with Gasteiger partial charge in [-0.2, -0.15) is 0 Å². The van der Waals surface area contributed by atoms with Crippen LogP contribution in [0, 0.1) is 0 Å². The Morgan fingerprint density at radius 3 is 2.38 bits per heavy atom. The lowest BCUT2D eigenvalue weighted by atomic mass is 9.93. The van der Waals surface area contributed by atoms with Crippen molar-refractivity contribution in [2.24, 2.45) is 0 Å². The Labute approximate surface area is 171 Å². The zero-order valence-electron chi connectivity index (χ0n) is 17.1. The van der Waals surface area contributed by atoms with Gasteiger partial charge in [-0.05, 0) is 41.8 Å². The molecule has 5 heteroatoms. The standard InChI is InChI=1S/C24H27NO4/c1-18(26)25(17-19-11-12-23(27-2)24(16-19)28-3)14-13-21(22-10-7-15-29-22)20-8-5-4-6-9-20/h4-12,15-16,21H,13-14,17H2,1-3H3. The highest BCUT2D eigenvalue weighted by Crippen LogP contribution is 2.30. The molecule has 3 rings (SSSR count). The number of methoxy groups -OCH3 is 2. The molecule has 1 atom stereocenters. The van der Waals surface area contributed by atoms with Gasteiger partial charge in [0.2, 0.25) is 5.91 Å². The molecule has 0 aliphatic heterocycles. The van der Waals surface area contributed by atoms with Gasteiger partial charge in [-0.25, -0.2) is 0 Å². The highest BCUT2D eigenvalue weighted by atomic mass is 16.5. The predicted octanol–water partition coefficient (Wildman–Crippen LogP) is 4.87. The molecule has 5 nitrogen and oxygen atoms in total. The second kappa shape index (κ2) is 9.82. The number of carbonyl (C=O) groups excluding carboxylic acids is 1. The lowest BCUT2D eigenvalue weighted by Gasteiger charge is -2.24. The van der Waals surface area contributed by atoms with E-state index in [0.717, 1.165) is 17.7 Å². The van der Waals surface area contributed by atoms with Crippen molar-refractivity contribution in [3.63, 3.8) is 0 Å². The fourth-order valence-corrected chi connectivity index (χ4v) is 3.48. The smallest absolute Gasteiger partial charge is 0.219 e. The third kappa shape index (κ3) is 5.19. The van der Waals surface area contributed by atoms with Gasteiger partial charge >= 0.3 is 0 Å². The molecule has 1 aromatic heterocycles. The van der Waals surface area contributed by atoms with E-state index in [0.29, 0.717) is 24.6 Å².